The van der Waals surface area contributed by atoms with Gasteiger partial charge in [0.25, 0.3) is 0 Å². The van der Waals surface area contributed by atoms with Crippen LogP contribution in [0.25, 0.3) is 0 Å². The zero-order chi connectivity index (χ0) is 13.2. The van der Waals surface area contributed by atoms with E-state index in [9.17, 15) is 4.39 Å². The van der Waals surface area contributed by atoms with Gasteiger partial charge in [-0.05, 0) is 31.5 Å². The number of benzene rings is 1. The third-order valence-electron chi connectivity index (χ3n) is 3.82. The van der Waals surface area contributed by atoms with Gasteiger partial charge >= 0.3 is 0 Å². The van der Waals surface area contributed by atoms with Crippen LogP contribution in [-0.4, -0.2) is 36.7 Å². The molecular weight excluding hydrogens is 231 g/mol. The Bertz CT molecular complexity index is 385. The largest absolute Gasteiger partial charge is 0.379 e. The number of nitrogens with two attached hydrogens (primary N) is 1. The second kappa shape index (κ2) is 5.34. The SMILES string of the molecule is CC(C)(C(N)c1ccc(F)cc1)N1CCOCC1. The fraction of sp³-hybridized carbons (Fsp3) is 0.571. The molecule has 0 bridgehead atoms. The van der Waals surface area contributed by atoms with Gasteiger partial charge in [-0.3, -0.25) is 4.90 Å². The summed E-state index contributed by atoms with van der Waals surface area (Å²) in [6.45, 7) is 7.54. The molecular formula is C14H21FN2O. The molecule has 0 radical (unpaired) electrons. The first kappa shape index (κ1) is 13.5. The quantitative estimate of drug-likeness (QED) is 0.893. The van der Waals surface area contributed by atoms with Crippen molar-refractivity contribution in [3.05, 3.63) is 35.6 Å². The van der Waals surface area contributed by atoms with Crippen LogP contribution in [0.5, 0.6) is 0 Å². The van der Waals surface area contributed by atoms with Gasteiger partial charge in [0.15, 0.2) is 0 Å². The van der Waals surface area contributed by atoms with Crippen LogP contribution in [0, 0.1) is 5.82 Å². The van der Waals surface area contributed by atoms with Crippen molar-refractivity contribution in [2.75, 3.05) is 26.3 Å². The Morgan fingerprint density at radius 3 is 2.33 bits per heavy atom. The van der Waals surface area contributed by atoms with E-state index in [1.54, 1.807) is 12.1 Å². The fourth-order valence-electron chi connectivity index (χ4n) is 2.41. The first-order valence-corrected chi connectivity index (χ1v) is 6.35. The lowest BCUT2D eigenvalue weighted by atomic mass is 9.87. The molecule has 1 aliphatic heterocycles. The maximum absolute atomic E-state index is 12.9. The smallest absolute Gasteiger partial charge is 0.123 e. The Labute approximate surface area is 108 Å². The van der Waals surface area contributed by atoms with E-state index in [2.05, 4.69) is 18.7 Å². The van der Waals surface area contributed by atoms with Crippen LogP contribution in [0.3, 0.4) is 0 Å². The van der Waals surface area contributed by atoms with Crippen LogP contribution >= 0.6 is 0 Å². The van der Waals surface area contributed by atoms with Gasteiger partial charge in [0, 0.05) is 24.7 Å². The third-order valence-corrected chi connectivity index (χ3v) is 3.82. The number of nitrogens with zero attached hydrogens (tertiary/aromatic N) is 1. The second-order valence-corrected chi connectivity index (χ2v) is 5.28. The molecule has 0 aromatic heterocycles. The van der Waals surface area contributed by atoms with Crippen LogP contribution in [-0.2, 0) is 4.74 Å². The maximum Gasteiger partial charge on any atom is 0.123 e. The summed E-state index contributed by atoms with van der Waals surface area (Å²) in [6, 6.07) is 6.32. The summed E-state index contributed by atoms with van der Waals surface area (Å²) in [5, 5.41) is 0. The number of hydrogen-bond acceptors (Lipinski definition) is 3. The van der Waals surface area contributed by atoms with E-state index in [4.69, 9.17) is 10.5 Å². The van der Waals surface area contributed by atoms with Gasteiger partial charge < -0.3 is 10.5 Å². The highest BCUT2D eigenvalue weighted by molar-refractivity contribution is 5.23. The molecule has 1 heterocycles. The van der Waals surface area contributed by atoms with Crippen LogP contribution in [0.2, 0.25) is 0 Å². The minimum Gasteiger partial charge on any atom is -0.379 e. The Morgan fingerprint density at radius 2 is 1.78 bits per heavy atom. The standard InChI is InChI=1S/C14H21FN2O/c1-14(2,17-7-9-18-10-8-17)13(16)11-3-5-12(15)6-4-11/h3-6,13H,7-10,16H2,1-2H3. The summed E-state index contributed by atoms with van der Waals surface area (Å²) >= 11 is 0. The van der Waals surface area contributed by atoms with Crippen molar-refractivity contribution in [2.24, 2.45) is 5.73 Å². The Morgan fingerprint density at radius 1 is 1.22 bits per heavy atom. The van der Waals surface area contributed by atoms with Crippen molar-refractivity contribution in [2.45, 2.75) is 25.4 Å². The van der Waals surface area contributed by atoms with E-state index in [1.807, 2.05) is 0 Å². The van der Waals surface area contributed by atoms with E-state index >= 15 is 0 Å². The monoisotopic (exact) mass is 252 g/mol. The molecule has 1 aliphatic rings. The molecule has 18 heavy (non-hydrogen) atoms. The van der Waals surface area contributed by atoms with Crippen molar-refractivity contribution < 1.29 is 9.13 Å². The molecule has 0 amide bonds. The molecule has 2 rings (SSSR count). The zero-order valence-corrected chi connectivity index (χ0v) is 11.0. The van der Waals surface area contributed by atoms with Crippen LogP contribution in [0.1, 0.15) is 25.5 Å². The maximum atomic E-state index is 12.9. The molecule has 100 valence electrons. The van der Waals surface area contributed by atoms with E-state index in [-0.39, 0.29) is 17.4 Å². The molecule has 4 heteroatoms. The first-order chi connectivity index (χ1) is 8.51. The predicted octanol–water partition coefficient (Wildman–Crippen LogP) is 1.94. The molecule has 1 unspecified atom stereocenters. The van der Waals surface area contributed by atoms with E-state index in [0.29, 0.717) is 0 Å². The molecule has 1 saturated heterocycles. The number of rotatable bonds is 3. The summed E-state index contributed by atoms with van der Waals surface area (Å²) in [7, 11) is 0. The number of ether oxygens (including phenoxy) is 1. The first-order valence-electron chi connectivity index (χ1n) is 6.35. The van der Waals surface area contributed by atoms with Gasteiger partial charge in [-0.15, -0.1) is 0 Å². The minimum atomic E-state index is -0.227. The molecule has 0 spiro atoms. The molecule has 0 aliphatic carbocycles. The highest BCUT2D eigenvalue weighted by Gasteiger charge is 2.34. The van der Waals surface area contributed by atoms with E-state index < -0.39 is 0 Å². The zero-order valence-electron chi connectivity index (χ0n) is 11.0. The highest BCUT2D eigenvalue weighted by Crippen LogP contribution is 2.29. The summed E-state index contributed by atoms with van der Waals surface area (Å²) in [6.07, 6.45) is 0. The molecule has 0 saturated carbocycles. The second-order valence-electron chi connectivity index (χ2n) is 5.28. The summed E-state index contributed by atoms with van der Waals surface area (Å²) in [5.41, 5.74) is 7.15. The van der Waals surface area contributed by atoms with Crippen molar-refractivity contribution in [1.29, 1.82) is 0 Å². The van der Waals surface area contributed by atoms with Crippen LogP contribution < -0.4 is 5.73 Å². The molecule has 1 atom stereocenters. The predicted molar refractivity (Wildman–Crippen MR) is 69.8 cm³/mol. The Balaban J connectivity index is 2.14. The minimum absolute atomic E-state index is 0.142. The van der Waals surface area contributed by atoms with E-state index in [1.165, 1.54) is 12.1 Å². The van der Waals surface area contributed by atoms with Crippen molar-refractivity contribution in [3.8, 4) is 0 Å². The van der Waals surface area contributed by atoms with Crippen molar-refractivity contribution in [1.82, 2.24) is 4.90 Å². The molecule has 2 N–H and O–H groups in total. The van der Waals surface area contributed by atoms with E-state index in [0.717, 1.165) is 31.9 Å². The van der Waals surface area contributed by atoms with Gasteiger partial charge in [-0.1, -0.05) is 12.1 Å². The average Bonchev–Trinajstić information content (AvgIpc) is 2.40. The van der Waals surface area contributed by atoms with Crippen molar-refractivity contribution >= 4 is 0 Å². The highest BCUT2D eigenvalue weighted by atomic mass is 19.1. The van der Waals surface area contributed by atoms with Crippen LogP contribution in [0.15, 0.2) is 24.3 Å². The van der Waals surface area contributed by atoms with Gasteiger partial charge in [0.05, 0.1) is 13.2 Å². The molecule has 3 nitrogen and oxygen atoms in total. The topological polar surface area (TPSA) is 38.5 Å². The Hall–Kier alpha value is -0.970. The lowest BCUT2D eigenvalue weighted by Crippen LogP contribution is -2.55. The molecule has 1 fully saturated rings. The summed E-state index contributed by atoms with van der Waals surface area (Å²) < 4.78 is 18.3. The van der Waals surface area contributed by atoms with Crippen molar-refractivity contribution in [3.63, 3.8) is 0 Å². The lowest BCUT2D eigenvalue weighted by molar-refractivity contribution is -0.0190. The fourth-order valence-corrected chi connectivity index (χ4v) is 2.41. The normalized spacial score (nSPS) is 19.8. The van der Waals surface area contributed by atoms with Gasteiger partial charge in [-0.2, -0.15) is 0 Å². The average molecular weight is 252 g/mol. The third kappa shape index (κ3) is 2.71. The molecule has 1 aromatic rings. The summed E-state index contributed by atoms with van der Waals surface area (Å²) in [5.74, 6) is -0.227. The van der Waals surface area contributed by atoms with Gasteiger partial charge in [0.1, 0.15) is 5.82 Å². The number of morpholine rings is 1. The number of halogens is 1. The lowest BCUT2D eigenvalue weighted by Gasteiger charge is -2.44. The Kier molecular flexibility index (Phi) is 4.00. The number of hydrogen-bond donors (Lipinski definition) is 1. The van der Waals surface area contributed by atoms with Gasteiger partial charge in [0.2, 0.25) is 0 Å². The summed E-state index contributed by atoms with van der Waals surface area (Å²) in [4.78, 5) is 2.34. The van der Waals surface area contributed by atoms with Crippen LogP contribution in [0.4, 0.5) is 4.39 Å². The van der Waals surface area contributed by atoms with Gasteiger partial charge in [-0.25, -0.2) is 4.39 Å². The molecule has 1 aromatic carbocycles.